The highest BCUT2D eigenvalue weighted by molar-refractivity contribution is 5.85. The first kappa shape index (κ1) is 20.5. The molecule has 3 rings (SSSR count). The van der Waals surface area contributed by atoms with E-state index in [-0.39, 0.29) is 30.6 Å². The molecule has 2 heterocycles. The van der Waals surface area contributed by atoms with Crippen LogP contribution in [0.15, 0.2) is 45.9 Å². The maximum absolute atomic E-state index is 13.7. The summed E-state index contributed by atoms with van der Waals surface area (Å²) in [6.07, 6.45) is 2.11. The summed E-state index contributed by atoms with van der Waals surface area (Å²) in [5, 5.41) is 11.7. The molecular weight excluding hydrogens is 370 g/mol. The van der Waals surface area contributed by atoms with Crippen LogP contribution in [0.1, 0.15) is 18.5 Å². The van der Waals surface area contributed by atoms with E-state index in [9.17, 15) is 4.39 Å². The van der Waals surface area contributed by atoms with Gasteiger partial charge in [0.15, 0.2) is 5.82 Å². The van der Waals surface area contributed by atoms with Crippen LogP contribution in [0.25, 0.3) is 11.3 Å². The Bertz CT molecular complexity index is 848. The smallest absolute Gasteiger partial charge is 0.263 e. The number of nitrogens with two attached hydrogens (primary N) is 1. The predicted octanol–water partition coefficient (Wildman–Crippen LogP) is 3.24. The Morgan fingerprint density at radius 1 is 1.24 bits per heavy atom. The zero-order valence-corrected chi connectivity index (χ0v) is 14.9. The number of nitrogens with zero attached hydrogens (tertiary/aromatic N) is 4. The number of hydrogen-bond acceptors (Lipinski definition) is 6. The van der Waals surface area contributed by atoms with Crippen LogP contribution < -0.4 is 11.3 Å². The third-order valence-corrected chi connectivity index (χ3v) is 3.21. The summed E-state index contributed by atoms with van der Waals surface area (Å²) in [6, 6.07) is 9.78. The third kappa shape index (κ3) is 4.49. The number of nitrogens with one attached hydrogen (secondary N) is 1. The van der Waals surface area contributed by atoms with Crippen molar-refractivity contribution in [3.05, 3.63) is 53.8 Å². The van der Waals surface area contributed by atoms with E-state index in [4.69, 9.17) is 10.3 Å². The van der Waals surface area contributed by atoms with Crippen LogP contribution in [0.4, 0.5) is 10.3 Å². The fraction of sp³-hybridized carbons (Fsp3) is 0.133. The molecule has 0 saturated heterocycles. The third-order valence-electron chi connectivity index (χ3n) is 3.21. The highest BCUT2D eigenvalue weighted by Gasteiger charge is 2.09. The van der Waals surface area contributed by atoms with Gasteiger partial charge in [-0.05, 0) is 24.3 Å². The van der Waals surface area contributed by atoms with Crippen molar-refractivity contribution in [3.8, 4) is 11.3 Å². The topological polar surface area (TPSA) is 94.3 Å². The van der Waals surface area contributed by atoms with Gasteiger partial charge in [-0.1, -0.05) is 19.1 Å². The molecule has 0 bridgehead atoms. The van der Waals surface area contributed by atoms with Gasteiger partial charge in [-0.3, -0.25) is 0 Å². The number of benzene rings is 1. The number of hydrogen-bond donors (Lipinski definition) is 2. The predicted molar refractivity (Wildman–Crippen MR) is 99.4 cm³/mol. The lowest BCUT2D eigenvalue weighted by atomic mass is 10.1. The zero-order valence-electron chi connectivity index (χ0n) is 13.2. The number of hydrazone groups is 1. The van der Waals surface area contributed by atoms with Gasteiger partial charge in [0.25, 0.3) is 5.95 Å². The van der Waals surface area contributed by atoms with Gasteiger partial charge in [0, 0.05) is 6.42 Å². The summed E-state index contributed by atoms with van der Waals surface area (Å²) in [5.41, 5.74) is 3.07. The van der Waals surface area contributed by atoms with Crippen LogP contribution in [0.3, 0.4) is 0 Å². The molecule has 1 aromatic carbocycles. The van der Waals surface area contributed by atoms with Crippen molar-refractivity contribution < 1.29 is 8.81 Å². The number of aryl methyl sites for hydroxylation is 1. The minimum Gasteiger partial charge on any atom is -0.455 e. The summed E-state index contributed by atoms with van der Waals surface area (Å²) >= 11 is 0. The van der Waals surface area contributed by atoms with Gasteiger partial charge >= 0.3 is 0 Å². The quantitative estimate of drug-likeness (QED) is 0.398. The van der Waals surface area contributed by atoms with E-state index in [1.165, 1.54) is 17.0 Å². The van der Waals surface area contributed by atoms with Gasteiger partial charge in [0.05, 0.1) is 11.8 Å². The Hall–Kier alpha value is -2.58. The van der Waals surface area contributed by atoms with Gasteiger partial charge in [0.2, 0.25) is 0 Å². The molecule has 3 N–H and O–H groups in total. The molecule has 0 atom stereocenters. The molecule has 0 fully saturated rings. The molecule has 134 valence electrons. The second kappa shape index (κ2) is 9.05. The largest absolute Gasteiger partial charge is 0.455 e. The Balaban J connectivity index is 0.00000156. The molecule has 3 aromatic rings. The van der Waals surface area contributed by atoms with E-state index in [1.54, 1.807) is 30.3 Å². The van der Waals surface area contributed by atoms with Crippen molar-refractivity contribution in [2.75, 3.05) is 11.3 Å². The lowest BCUT2D eigenvalue weighted by Crippen LogP contribution is -2.14. The van der Waals surface area contributed by atoms with E-state index in [1.807, 2.05) is 6.92 Å². The van der Waals surface area contributed by atoms with Gasteiger partial charge < -0.3 is 10.3 Å². The number of furan rings is 1. The van der Waals surface area contributed by atoms with E-state index in [2.05, 4.69) is 20.7 Å². The number of nitrogen functional groups attached to an aromatic ring is 1. The fourth-order valence-corrected chi connectivity index (χ4v) is 2.02. The average Bonchev–Trinajstić information content (AvgIpc) is 3.15. The molecule has 0 spiro atoms. The summed E-state index contributed by atoms with van der Waals surface area (Å²) in [5.74, 6) is 7.30. The first-order chi connectivity index (χ1) is 11.2. The van der Waals surface area contributed by atoms with Crippen LogP contribution in [-0.2, 0) is 6.42 Å². The van der Waals surface area contributed by atoms with E-state index < -0.39 is 0 Å². The first-order valence-corrected chi connectivity index (χ1v) is 7.02. The number of halogens is 3. The molecule has 25 heavy (non-hydrogen) atoms. The molecule has 0 aliphatic rings. The molecule has 0 saturated carbocycles. The Morgan fingerprint density at radius 3 is 2.68 bits per heavy atom. The van der Waals surface area contributed by atoms with Crippen molar-refractivity contribution in [1.82, 2.24) is 14.9 Å². The van der Waals surface area contributed by atoms with Crippen molar-refractivity contribution in [2.45, 2.75) is 13.3 Å². The molecular formula is C15H17Cl2FN6O. The van der Waals surface area contributed by atoms with E-state index >= 15 is 0 Å². The lowest BCUT2D eigenvalue weighted by molar-refractivity contribution is 0.563. The minimum atomic E-state index is -0.341. The van der Waals surface area contributed by atoms with Gasteiger partial charge in [-0.15, -0.1) is 35.0 Å². The SMILES string of the molecule is CCc1nnc(NN=Cc2ccc(-c3ccccc3F)o2)n1N.Cl.Cl. The first-order valence-electron chi connectivity index (χ1n) is 7.02. The summed E-state index contributed by atoms with van der Waals surface area (Å²) in [6.45, 7) is 1.92. The maximum Gasteiger partial charge on any atom is 0.263 e. The van der Waals surface area contributed by atoms with Crippen LogP contribution >= 0.6 is 24.8 Å². The second-order valence-corrected chi connectivity index (χ2v) is 4.72. The fourth-order valence-electron chi connectivity index (χ4n) is 2.02. The Labute approximate surface area is 155 Å². The van der Waals surface area contributed by atoms with Gasteiger partial charge in [-0.25, -0.2) is 14.5 Å². The monoisotopic (exact) mass is 386 g/mol. The highest BCUT2D eigenvalue weighted by Crippen LogP contribution is 2.24. The molecule has 0 aliphatic carbocycles. The van der Waals surface area contributed by atoms with Crippen LogP contribution in [-0.4, -0.2) is 21.1 Å². The molecule has 7 nitrogen and oxygen atoms in total. The molecule has 0 amide bonds. The standard InChI is InChI=1S/C15H15FN6O.2ClH/c1-2-14-19-21-15(22(14)17)20-18-9-10-7-8-13(23-10)11-5-3-4-6-12(11)16;;/h3-9H,2,17H2,1H3,(H,20,21);2*1H. The molecule has 2 aromatic heterocycles. The second-order valence-electron chi connectivity index (χ2n) is 4.72. The number of anilines is 1. The number of aromatic nitrogens is 3. The average molecular weight is 387 g/mol. The van der Waals surface area contributed by atoms with Gasteiger partial charge in [0.1, 0.15) is 17.3 Å². The zero-order chi connectivity index (χ0) is 16.2. The van der Waals surface area contributed by atoms with Crippen molar-refractivity contribution in [1.29, 1.82) is 0 Å². The van der Waals surface area contributed by atoms with Crippen LogP contribution in [0.5, 0.6) is 0 Å². The van der Waals surface area contributed by atoms with Crippen molar-refractivity contribution >= 4 is 37.0 Å². The lowest BCUT2D eigenvalue weighted by Gasteiger charge is -2.00. The van der Waals surface area contributed by atoms with Crippen LogP contribution in [0, 0.1) is 5.82 Å². The number of rotatable bonds is 5. The van der Waals surface area contributed by atoms with E-state index in [0.29, 0.717) is 35.3 Å². The normalized spacial score (nSPS) is 10.3. The van der Waals surface area contributed by atoms with Gasteiger partial charge in [-0.2, -0.15) is 5.10 Å². The maximum atomic E-state index is 13.7. The highest BCUT2D eigenvalue weighted by atomic mass is 35.5. The Kier molecular flexibility index (Phi) is 7.41. The molecule has 10 heteroatoms. The Morgan fingerprint density at radius 2 is 2.00 bits per heavy atom. The van der Waals surface area contributed by atoms with Crippen molar-refractivity contribution in [3.63, 3.8) is 0 Å². The molecule has 0 aliphatic heterocycles. The van der Waals surface area contributed by atoms with E-state index in [0.717, 1.165) is 0 Å². The summed E-state index contributed by atoms with van der Waals surface area (Å²) in [4.78, 5) is 0. The molecule has 0 radical (unpaired) electrons. The molecule has 0 unspecified atom stereocenters. The minimum absolute atomic E-state index is 0. The summed E-state index contributed by atoms with van der Waals surface area (Å²) < 4.78 is 20.6. The van der Waals surface area contributed by atoms with Crippen molar-refractivity contribution in [2.24, 2.45) is 5.10 Å². The van der Waals surface area contributed by atoms with Crippen LogP contribution in [0.2, 0.25) is 0 Å². The summed E-state index contributed by atoms with van der Waals surface area (Å²) in [7, 11) is 0.